The number of hydrogen-bond acceptors (Lipinski definition) is 7. The van der Waals surface area contributed by atoms with Crippen LogP contribution in [-0.2, 0) is 24.4 Å². The van der Waals surface area contributed by atoms with Gasteiger partial charge in [0.05, 0.1) is 24.9 Å². The van der Waals surface area contributed by atoms with E-state index in [4.69, 9.17) is 14.2 Å². The maximum Gasteiger partial charge on any atom is 0.410 e. The summed E-state index contributed by atoms with van der Waals surface area (Å²) in [7, 11) is -0.771. The number of ether oxygens (including phenoxy) is 3. The van der Waals surface area contributed by atoms with Crippen LogP contribution in [0.2, 0.25) is 0 Å². The van der Waals surface area contributed by atoms with Gasteiger partial charge in [0, 0.05) is 39.8 Å². The van der Waals surface area contributed by atoms with Gasteiger partial charge in [-0.05, 0) is 60.3 Å². The van der Waals surface area contributed by atoms with E-state index < -0.39 is 34.0 Å². The van der Waals surface area contributed by atoms with Crippen molar-refractivity contribution in [3.63, 3.8) is 0 Å². The molecule has 0 aromatic rings. The molecule has 0 saturated carbocycles. The van der Waals surface area contributed by atoms with Crippen molar-refractivity contribution in [1.82, 2.24) is 18.8 Å². The lowest BCUT2D eigenvalue weighted by molar-refractivity contribution is -0.0408. The number of amides is 2. The topological polar surface area (TPSA) is 118 Å². The predicted molar refractivity (Wildman–Crippen MR) is 128 cm³/mol. The first-order chi connectivity index (χ1) is 15.7. The van der Waals surface area contributed by atoms with E-state index in [0.29, 0.717) is 45.3 Å². The van der Waals surface area contributed by atoms with E-state index in [2.05, 4.69) is 4.72 Å². The van der Waals surface area contributed by atoms with Crippen LogP contribution in [0, 0.1) is 0 Å². The monoisotopic (exact) mass is 506 g/mol. The van der Waals surface area contributed by atoms with Crippen LogP contribution >= 0.6 is 0 Å². The normalized spacial score (nSPS) is 22.9. The molecule has 0 radical (unpaired) electrons. The molecule has 0 aromatic heterocycles. The Morgan fingerprint density at radius 2 is 1.68 bits per heavy atom. The minimum Gasteiger partial charge on any atom is -0.447 e. The van der Waals surface area contributed by atoms with Gasteiger partial charge in [-0.3, -0.25) is 0 Å². The molecular weight excluding hydrogens is 464 g/mol. The summed E-state index contributed by atoms with van der Waals surface area (Å²) in [4.78, 5) is 28.3. The largest absolute Gasteiger partial charge is 0.447 e. The maximum atomic E-state index is 12.7. The highest BCUT2D eigenvalue weighted by Crippen LogP contribution is 2.23. The molecule has 198 valence electrons. The number of carbonyl (C=O) groups excluding carboxylic acids is 2. The standard InChI is InChI=1S/C22H42N4O7S/c1-16(2)32-21(28)26-12-8-9-18(23-34(29,30)24(6)7)19(26)15-31-17-10-13-25(14-11-17)20(27)33-22(3,4)5/h16-19,23H,8-15H2,1-7H3/t18-,19-/m0/s1. The van der Waals surface area contributed by atoms with Crippen molar-refractivity contribution in [3.05, 3.63) is 0 Å². The third-order valence-corrected chi connectivity index (χ3v) is 7.29. The van der Waals surface area contributed by atoms with Gasteiger partial charge in [-0.25, -0.2) is 9.59 Å². The Morgan fingerprint density at radius 1 is 1.06 bits per heavy atom. The summed E-state index contributed by atoms with van der Waals surface area (Å²) >= 11 is 0. The van der Waals surface area contributed by atoms with Crippen LogP contribution < -0.4 is 4.72 Å². The van der Waals surface area contributed by atoms with Crippen molar-refractivity contribution in [2.24, 2.45) is 0 Å². The van der Waals surface area contributed by atoms with Crippen molar-refractivity contribution in [2.75, 3.05) is 40.3 Å². The quantitative estimate of drug-likeness (QED) is 0.562. The van der Waals surface area contributed by atoms with Gasteiger partial charge in [-0.2, -0.15) is 17.4 Å². The second-order valence-corrected chi connectivity index (χ2v) is 12.3. The van der Waals surface area contributed by atoms with Gasteiger partial charge in [0.2, 0.25) is 0 Å². The Hall–Kier alpha value is -1.63. The number of nitrogens with zero attached hydrogens (tertiary/aromatic N) is 3. The summed E-state index contributed by atoms with van der Waals surface area (Å²) in [5, 5.41) is 0. The molecule has 0 bridgehead atoms. The first-order valence-electron chi connectivity index (χ1n) is 12.0. The lowest BCUT2D eigenvalue weighted by Gasteiger charge is -2.42. The Balaban J connectivity index is 2.03. The van der Waals surface area contributed by atoms with Crippen LogP contribution in [0.4, 0.5) is 9.59 Å². The Labute approximate surface area is 204 Å². The molecule has 2 saturated heterocycles. The van der Waals surface area contributed by atoms with Gasteiger partial charge in [-0.1, -0.05) is 0 Å². The number of nitrogens with one attached hydrogen (secondary N) is 1. The summed E-state index contributed by atoms with van der Waals surface area (Å²) in [5.41, 5.74) is -0.547. The van der Waals surface area contributed by atoms with Gasteiger partial charge < -0.3 is 24.0 Å². The van der Waals surface area contributed by atoms with Crippen molar-refractivity contribution in [1.29, 1.82) is 0 Å². The minimum absolute atomic E-state index is 0.102. The van der Waals surface area contributed by atoms with Crippen LogP contribution in [-0.4, -0.2) is 105 Å². The fourth-order valence-electron chi connectivity index (χ4n) is 3.96. The zero-order valence-corrected chi connectivity index (χ0v) is 22.4. The molecule has 0 unspecified atom stereocenters. The Morgan fingerprint density at radius 3 is 2.21 bits per heavy atom. The number of hydrogen-bond donors (Lipinski definition) is 1. The number of carbonyl (C=O) groups is 2. The SMILES string of the molecule is CC(C)OC(=O)N1CCC[C@H](NS(=O)(=O)N(C)C)[C@@H]1COC1CCN(C(=O)OC(C)(C)C)CC1. The molecule has 11 nitrogen and oxygen atoms in total. The number of rotatable bonds is 7. The third-order valence-electron chi connectivity index (χ3n) is 5.73. The fraction of sp³-hybridized carbons (Fsp3) is 0.909. The van der Waals surface area contributed by atoms with Gasteiger partial charge in [0.25, 0.3) is 10.2 Å². The number of likely N-dealkylation sites (tertiary alicyclic amines) is 2. The van der Waals surface area contributed by atoms with E-state index >= 15 is 0 Å². The third kappa shape index (κ3) is 8.54. The van der Waals surface area contributed by atoms with Crippen molar-refractivity contribution in [2.45, 2.75) is 90.2 Å². The predicted octanol–water partition coefficient (Wildman–Crippen LogP) is 2.18. The molecule has 0 spiro atoms. The fourth-order valence-corrected chi connectivity index (χ4v) is 4.83. The van der Waals surface area contributed by atoms with Gasteiger partial charge >= 0.3 is 12.2 Å². The molecule has 0 aromatic carbocycles. The van der Waals surface area contributed by atoms with Crippen molar-refractivity contribution >= 4 is 22.4 Å². The van der Waals surface area contributed by atoms with E-state index in [1.54, 1.807) is 23.6 Å². The molecule has 2 fully saturated rings. The second kappa shape index (κ2) is 11.9. The summed E-state index contributed by atoms with van der Waals surface area (Å²) in [6, 6.07) is -0.999. The van der Waals surface area contributed by atoms with E-state index in [9.17, 15) is 18.0 Å². The molecule has 0 aliphatic carbocycles. The number of piperidine rings is 2. The van der Waals surface area contributed by atoms with E-state index in [-0.39, 0.29) is 24.9 Å². The molecule has 12 heteroatoms. The van der Waals surface area contributed by atoms with Crippen LogP contribution in [0.3, 0.4) is 0 Å². The average molecular weight is 507 g/mol. The summed E-state index contributed by atoms with van der Waals surface area (Å²) in [6.45, 7) is 10.7. The van der Waals surface area contributed by atoms with Gasteiger partial charge in [-0.15, -0.1) is 0 Å². The van der Waals surface area contributed by atoms with E-state index in [0.717, 1.165) is 4.31 Å². The Kier molecular flexibility index (Phi) is 9.99. The maximum absolute atomic E-state index is 12.7. The smallest absolute Gasteiger partial charge is 0.410 e. The molecule has 2 heterocycles. The first-order valence-corrected chi connectivity index (χ1v) is 13.4. The highest BCUT2D eigenvalue weighted by atomic mass is 32.2. The van der Waals surface area contributed by atoms with E-state index in [1.165, 1.54) is 14.1 Å². The summed E-state index contributed by atoms with van der Waals surface area (Å²) in [6.07, 6.45) is 1.31. The van der Waals surface area contributed by atoms with Crippen molar-refractivity contribution in [3.8, 4) is 0 Å². The highest BCUT2D eigenvalue weighted by molar-refractivity contribution is 7.87. The molecular formula is C22H42N4O7S. The minimum atomic E-state index is -3.69. The van der Waals surface area contributed by atoms with Crippen LogP contribution in [0.5, 0.6) is 0 Å². The van der Waals surface area contributed by atoms with Crippen LogP contribution in [0.1, 0.15) is 60.3 Å². The van der Waals surface area contributed by atoms with Crippen LogP contribution in [0.25, 0.3) is 0 Å². The Bertz CT molecular complexity index is 790. The van der Waals surface area contributed by atoms with Crippen molar-refractivity contribution < 1.29 is 32.2 Å². The molecule has 2 aliphatic heterocycles. The lowest BCUT2D eigenvalue weighted by atomic mass is 9.97. The molecule has 34 heavy (non-hydrogen) atoms. The molecule has 1 N–H and O–H groups in total. The van der Waals surface area contributed by atoms with E-state index in [1.807, 2.05) is 20.8 Å². The highest BCUT2D eigenvalue weighted by Gasteiger charge is 2.39. The zero-order valence-electron chi connectivity index (χ0n) is 21.6. The zero-order chi connectivity index (χ0) is 25.7. The molecule has 2 aliphatic rings. The lowest BCUT2D eigenvalue weighted by Crippen LogP contribution is -2.60. The summed E-state index contributed by atoms with van der Waals surface area (Å²) in [5.74, 6) is 0. The second-order valence-electron chi connectivity index (χ2n) is 10.3. The van der Waals surface area contributed by atoms with Crippen LogP contribution in [0.15, 0.2) is 0 Å². The first kappa shape index (κ1) is 28.6. The summed E-state index contributed by atoms with van der Waals surface area (Å²) < 4.78 is 45.8. The molecule has 2 atom stereocenters. The average Bonchev–Trinajstić information content (AvgIpc) is 2.71. The molecule has 2 amide bonds. The van der Waals surface area contributed by atoms with Gasteiger partial charge in [0.1, 0.15) is 5.60 Å². The molecule has 2 rings (SSSR count). The van der Waals surface area contributed by atoms with Gasteiger partial charge in [0.15, 0.2) is 0 Å².